The standard InChI is InChI=1S/C10H20S4/c1-11-5-3-7-13-9-10-14-8-4-6-12-2/h9-10H,3-8H2,1-2H3. The third-order valence-electron chi connectivity index (χ3n) is 1.47. The minimum absolute atomic E-state index is 1.27. The number of hydrogen-bond acceptors (Lipinski definition) is 4. The molecule has 0 saturated heterocycles. The van der Waals surface area contributed by atoms with Crippen molar-refractivity contribution in [3.8, 4) is 0 Å². The molecule has 0 aromatic heterocycles. The molecule has 0 N–H and O–H groups in total. The van der Waals surface area contributed by atoms with Crippen molar-refractivity contribution < 1.29 is 0 Å². The van der Waals surface area contributed by atoms with E-state index in [1.807, 2.05) is 47.0 Å². The van der Waals surface area contributed by atoms with Crippen molar-refractivity contribution in [2.24, 2.45) is 0 Å². The van der Waals surface area contributed by atoms with Crippen LogP contribution in [0, 0.1) is 0 Å². The summed E-state index contributed by atoms with van der Waals surface area (Å²) >= 11 is 7.74. The summed E-state index contributed by atoms with van der Waals surface area (Å²) in [5, 5.41) is 4.48. The normalized spacial score (nSPS) is 11.3. The molecule has 0 nitrogen and oxygen atoms in total. The highest BCUT2D eigenvalue weighted by Crippen LogP contribution is 2.12. The van der Waals surface area contributed by atoms with Gasteiger partial charge in [-0.1, -0.05) is 0 Å². The predicted molar refractivity (Wildman–Crippen MR) is 80.1 cm³/mol. The summed E-state index contributed by atoms with van der Waals surface area (Å²) in [5.74, 6) is 5.12. The van der Waals surface area contributed by atoms with E-state index in [4.69, 9.17) is 0 Å². The van der Waals surface area contributed by atoms with E-state index in [9.17, 15) is 0 Å². The maximum Gasteiger partial charge on any atom is -0.00179 e. The van der Waals surface area contributed by atoms with Gasteiger partial charge in [0.25, 0.3) is 0 Å². The van der Waals surface area contributed by atoms with Gasteiger partial charge in [0, 0.05) is 0 Å². The molecule has 0 aromatic carbocycles. The van der Waals surface area contributed by atoms with Crippen LogP contribution in [0.5, 0.6) is 0 Å². The van der Waals surface area contributed by atoms with Crippen molar-refractivity contribution >= 4 is 47.0 Å². The van der Waals surface area contributed by atoms with Gasteiger partial charge in [0.05, 0.1) is 0 Å². The van der Waals surface area contributed by atoms with Crippen LogP contribution in [0.25, 0.3) is 0 Å². The van der Waals surface area contributed by atoms with Crippen LogP contribution in [0.4, 0.5) is 0 Å². The highest BCUT2D eigenvalue weighted by molar-refractivity contribution is 8.05. The van der Waals surface area contributed by atoms with E-state index in [-0.39, 0.29) is 0 Å². The van der Waals surface area contributed by atoms with Gasteiger partial charge < -0.3 is 0 Å². The maximum absolute atomic E-state index is 2.24. The average molecular weight is 269 g/mol. The van der Waals surface area contributed by atoms with Crippen LogP contribution in [0.2, 0.25) is 0 Å². The fraction of sp³-hybridized carbons (Fsp3) is 0.800. The molecule has 0 aliphatic carbocycles. The molecule has 0 rings (SSSR count). The Hall–Kier alpha value is 1.14. The van der Waals surface area contributed by atoms with E-state index in [0.29, 0.717) is 0 Å². The molecule has 0 aliphatic heterocycles. The zero-order valence-electron chi connectivity index (χ0n) is 9.03. The zero-order chi connectivity index (χ0) is 10.5. The molecule has 0 aliphatic rings. The number of hydrogen-bond donors (Lipinski definition) is 0. The quantitative estimate of drug-likeness (QED) is 0.537. The first-order valence-electron chi connectivity index (χ1n) is 4.78. The highest BCUT2D eigenvalue weighted by atomic mass is 32.2. The molecule has 0 amide bonds. The minimum atomic E-state index is 1.27. The first kappa shape index (κ1) is 15.1. The van der Waals surface area contributed by atoms with Crippen molar-refractivity contribution in [1.82, 2.24) is 0 Å². The Labute approximate surface area is 106 Å². The summed E-state index contributed by atoms with van der Waals surface area (Å²) in [6.07, 6.45) is 6.99. The lowest BCUT2D eigenvalue weighted by molar-refractivity contribution is 1.13. The van der Waals surface area contributed by atoms with Crippen molar-refractivity contribution in [2.45, 2.75) is 12.8 Å². The fourth-order valence-electron chi connectivity index (χ4n) is 0.788. The molecule has 0 aromatic rings. The molecule has 0 unspecified atom stereocenters. The Balaban J connectivity index is 2.96. The molecular formula is C10H20S4. The average Bonchev–Trinajstić information content (AvgIpc) is 2.21. The SMILES string of the molecule is CSCCCSC=CSCCCSC. The van der Waals surface area contributed by atoms with Gasteiger partial charge in [0.1, 0.15) is 0 Å². The van der Waals surface area contributed by atoms with E-state index in [0.717, 1.165) is 0 Å². The van der Waals surface area contributed by atoms with Gasteiger partial charge in [0.15, 0.2) is 0 Å². The molecule has 0 radical (unpaired) electrons. The van der Waals surface area contributed by atoms with E-state index in [2.05, 4.69) is 23.3 Å². The largest absolute Gasteiger partial charge is 0.165 e. The van der Waals surface area contributed by atoms with Crippen LogP contribution in [0.1, 0.15) is 12.8 Å². The Morgan fingerprint density at radius 2 is 1.14 bits per heavy atom. The molecule has 0 saturated carbocycles. The molecule has 0 bridgehead atoms. The molecule has 14 heavy (non-hydrogen) atoms. The first-order chi connectivity index (χ1) is 6.91. The van der Waals surface area contributed by atoms with Crippen LogP contribution in [0.3, 0.4) is 0 Å². The van der Waals surface area contributed by atoms with Crippen LogP contribution >= 0.6 is 47.0 Å². The summed E-state index contributed by atoms with van der Waals surface area (Å²) in [4.78, 5) is 0. The maximum atomic E-state index is 2.24. The Bertz CT molecular complexity index is 111. The molecule has 0 fully saturated rings. The fourth-order valence-corrected chi connectivity index (χ4v) is 3.54. The van der Waals surface area contributed by atoms with Gasteiger partial charge in [-0.05, 0) is 59.2 Å². The molecule has 0 atom stereocenters. The lowest BCUT2D eigenvalue weighted by Gasteiger charge is -1.95. The number of thioether (sulfide) groups is 4. The monoisotopic (exact) mass is 268 g/mol. The van der Waals surface area contributed by atoms with Crippen molar-refractivity contribution in [2.75, 3.05) is 35.5 Å². The Kier molecular flexibility index (Phi) is 15.3. The summed E-state index contributed by atoms with van der Waals surface area (Å²) in [6.45, 7) is 0. The number of rotatable bonds is 10. The predicted octanol–water partition coefficient (Wildman–Crippen LogP) is 4.43. The molecule has 4 heteroatoms. The van der Waals surface area contributed by atoms with Gasteiger partial charge in [-0.2, -0.15) is 23.5 Å². The van der Waals surface area contributed by atoms with Gasteiger partial charge >= 0.3 is 0 Å². The Morgan fingerprint density at radius 1 is 0.714 bits per heavy atom. The molecule has 84 valence electrons. The molecule has 0 heterocycles. The van der Waals surface area contributed by atoms with Gasteiger partial charge in [-0.15, -0.1) is 23.5 Å². The van der Waals surface area contributed by atoms with E-state index in [1.165, 1.54) is 35.9 Å². The van der Waals surface area contributed by atoms with Crippen molar-refractivity contribution in [3.05, 3.63) is 10.8 Å². The Morgan fingerprint density at radius 3 is 1.50 bits per heavy atom. The first-order valence-corrected chi connectivity index (χ1v) is 9.66. The second-order valence-electron chi connectivity index (χ2n) is 2.71. The van der Waals surface area contributed by atoms with Crippen LogP contribution < -0.4 is 0 Å². The highest BCUT2D eigenvalue weighted by Gasteiger charge is 1.86. The summed E-state index contributed by atoms with van der Waals surface area (Å²) in [7, 11) is 0. The van der Waals surface area contributed by atoms with Crippen LogP contribution in [0.15, 0.2) is 10.8 Å². The van der Waals surface area contributed by atoms with Crippen LogP contribution in [-0.4, -0.2) is 35.5 Å². The van der Waals surface area contributed by atoms with E-state index in [1.54, 1.807) is 0 Å². The minimum Gasteiger partial charge on any atom is -0.165 e. The van der Waals surface area contributed by atoms with Gasteiger partial charge in [0.2, 0.25) is 0 Å². The second kappa shape index (κ2) is 14.1. The van der Waals surface area contributed by atoms with Gasteiger partial charge in [-0.25, -0.2) is 0 Å². The summed E-state index contributed by atoms with van der Waals surface area (Å²) in [6, 6.07) is 0. The zero-order valence-corrected chi connectivity index (χ0v) is 12.3. The lowest BCUT2D eigenvalue weighted by Crippen LogP contribution is -1.80. The third-order valence-corrected chi connectivity index (χ3v) is 4.74. The summed E-state index contributed by atoms with van der Waals surface area (Å²) < 4.78 is 0. The molecule has 0 spiro atoms. The molecular weight excluding hydrogens is 248 g/mol. The smallest absolute Gasteiger partial charge is 0.00179 e. The topological polar surface area (TPSA) is 0 Å². The lowest BCUT2D eigenvalue weighted by atomic mass is 10.6. The third kappa shape index (κ3) is 13.1. The van der Waals surface area contributed by atoms with E-state index >= 15 is 0 Å². The van der Waals surface area contributed by atoms with Crippen molar-refractivity contribution in [3.63, 3.8) is 0 Å². The van der Waals surface area contributed by atoms with E-state index < -0.39 is 0 Å². The van der Waals surface area contributed by atoms with Crippen LogP contribution in [-0.2, 0) is 0 Å². The summed E-state index contributed by atoms with van der Waals surface area (Å²) in [5.41, 5.74) is 0. The van der Waals surface area contributed by atoms with Crippen molar-refractivity contribution in [1.29, 1.82) is 0 Å². The van der Waals surface area contributed by atoms with Gasteiger partial charge in [-0.3, -0.25) is 0 Å². The second-order valence-corrected chi connectivity index (χ2v) is 6.71.